The van der Waals surface area contributed by atoms with Crippen molar-refractivity contribution in [3.63, 3.8) is 0 Å². The first-order valence-electron chi connectivity index (χ1n) is 7.50. The molecule has 0 aliphatic carbocycles. The van der Waals surface area contributed by atoms with Gasteiger partial charge in [0.1, 0.15) is 5.52 Å². The van der Waals surface area contributed by atoms with Gasteiger partial charge < -0.3 is 9.73 Å². The maximum absolute atomic E-state index is 11.9. The number of unbranched alkanes of at least 4 members (excludes halogenated alkanes) is 1. The number of fused-ring (bicyclic) bond motifs is 1. The maximum Gasteiger partial charge on any atom is 0.224 e. The van der Waals surface area contributed by atoms with Gasteiger partial charge >= 0.3 is 0 Å². The lowest BCUT2D eigenvalue weighted by Crippen LogP contribution is -2.31. The molecule has 1 aromatic heterocycles. The molecule has 0 atom stereocenters. The summed E-state index contributed by atoms with van der Waals surface area (Å²) in [6, 6.07) is 5.24. The van der Waals surface area contributed by atoms with Crippen LogP contribution in [0.5, 0.6) is 0 Å². The van der Waals surface area contributed by atoms with Crippen LogP contribution >= 0.6 is 0 Å². The standard InChI is InChI=1S/C15H21N3O4S/c1-11(2)23(20,21)17-8-4-3-5-15(19)18-12-6-7-14-13(9-12)16-10-22-14/h6-7,9-11,17H,3-5,8H2,1-2H3,(H,18,19). The molecule has 0 aliphatic heterocycles. The fraction of sp³-hybridized carbons (Fsp3) is 0.467. The molecule has 2 rings (SSSR count). The Labute approximate surface area is 135 Å². The number of sulfonamides is 1. The van der Waals surface area contributed by atoms with Crippen molar-refractivity contribution in [2.24, 2.45) is 0 Å². The molecule has 8 heteroatoms. The summed E-state index contributed by atoms with van der Waals surface area (Å²) in [5.74, 6) is -0.112. The van der Waals surface area contributed by atoms with E-state index in [4.69, 9.17) is 4.42 Å². The number of carbonyl (C=O) groups excluding carboxylic acids is 1. The summed E-state index contributed by atoms with van der Waals surface area (Å²) in [6.45, 7) is 3.60. The molecule has 7 nitrogen and oxygen atoms in total. The molecule has 23 heavy (non-hydrogen) atoms. The normalized spacial score (nSPS) is 12.0. The SMILES string of the molecule is CC(C)S(=O)(=O)NCCCCC(=O)Nc1ccc2ocnc2c1. The number of hydrogen-bond acceptors (Lipinski definition) is 5. The Morgan fingerprint density at radius 1 is 1.30 bits per heavy atom. The number of nitrogens with one attached hydrogen (secondary N) is 2. The number of aromatic nitrogens is 1. The molecule has 0 aliphatic rings. The third-order valence-electron chi connectivity index (χ3n) is 3.37. The highest BCUT2D eigenvalue weighted by atomic mass is 32.2. The van der Waals surface area contributed by atoms with Crippen LogP contribution in [-0.4, -0.2) is 31.1 Å². The highest BCUT2D eigenvalue weighted by Crippen LogP contribution is 2.17. The molecule has 2 aromatic rings. The number of nitrogens with zero attached hydrogens (tertiary/aromatic N) is 1. The average molecular weight is 339 g/mol. The molecule has 0 fully saturated rings. The van der Waals surface area contributed by atoms with Crippen molar-refractivity contribution in [2.75, 3.05) is 11.9 Å². The molecule has 1 amide bonds. The zero-order valence-electron chi connectivity index (χ0n) is 13.2. The molecule has 0 radical (unpaired) electrons. The van der Waals surface area contributed by atoms with Crippen molar-refractivity contribution in [3.8, 4) is 0 Å². The van der Waals surface area contributed by atoms with Crippen molar-refractivity contribution in [2.45, 2.75) is 38.4 Å². The number of carbonyl (C=O) groups is 1. The first-order valence-corrected chi connectivity index (χ1v) is 9.05. The van der Waals surface area contributed by atoms with Crippen LogP contribution in [0.2, 0.25) is 0 Å². The van der Waals surface area contributed by atoms with Crippen LogP contribution in [0.25, 0.3) is 11.1 Å². The number of rotatable bonds is 8. The molecular formula is C15H21N3O4S. The van der Waals surface area contributed by atoms with Crippen molar-refractivity contribution in [1.82, 2.24) is 9.71 Å². The Morgan fingerprint density at radius 2 is 2.09 bits per heavy atom. The van der Waals surface area contributed by atoms with E-state index in [1.54, 1.807) is 32.0 Å². The van der Waals surface area contributed by atoms with Crippen LogP contribution in [0.1, 0.15) is 33.1 Å². The molecule has 0 saturated carbocycles. The highest BCUT2D eigenvalue weighted by Gasteiger charge is 2.14. The van der Waals surface area contributed by atoms with E-state index in [1.807, 2.05) is 0 Å². The largest absolute Gasteiger partial charge is 0.443 e. The van der Waals surface area contributed by atoms with Gasteiger partial charge in [0.15, 0.2) is 12.0 Å². The number of amides is 1. The van der Waals surface area contributed by atoms with E-state index in [-0.39, 0.29) is 5.91 Å². The maximum atomic E-state index is 11.9. The van der Waals surface area contributed by atoms with Gasteiger partial charge in [0.2, 0.25) is 15.9 Å². The second kappa shape index (κ2) is 7.56. The van der Waals surface area contributed by atoms with Gasteiger partial charge in [-0.05, 0) is 44.9 Å². The van der Waals surface area contributed by atoms with Crippen LogP contribution in [0.3, 0.4) is 0 Å². The lowest BCUT2D eigenvalue weighted by molar-refractivity contribution is -0.116. The van der Waals surface area contributed by atoms with Crippen molar-refractivity contribution < 1.29 is 17.6 Å². The lowest BCUT2D eigenvalue weighted by atomic mass is 10.2. The van der Waals surface area contributed by atoms with Gasteiger partial charge in [-0.25, -0.2) is 18.1 Å². The Bertz CT molecular complexity index is 768. The van der Waals surface area contributed by atoms with E-state index in [1.165, 1.54) is 6.39 Å². The molecule has 0 bridgehead atoms. The summed E-state index contributed by atoms with van der Waals surface area (Å²) >= 11 is 0. The first-order chi connectivity index (χ1) is 10.9. The van der Waals surface area contributed by atoms with E-state index in [0.29, 0.717) is 42.6 Å². The molecule has 126 valence electrons. The van der Waals surface area contributed by atoms with Crippen LogP contribution < -0.4 is 10.0 Å². The monoisotopic (exact) mass is 339 g/mol. The van der Waals surface area contributed by atoms with Crippen molar-refractivity contribution in [3.05, 3.63) is 24.6 Å². The summed E-state index contributed by atoms with van der Waals surface area (Å²) in [6.07, 6.45) is 2.91. The van der Waals surface area contributed by atoms with Gasteiger partial charge in [-0.2, -0.15) is 0 Å². The summed E-state index contributed by atoms with van der Waals surface area (Å²) in [7, 11) is -3.23. The smallest absolute Gasteiger partial charge is 0.224 e. The van der Waals surface area contributed by atoms with E-state index < -0.39 is 15.3 Å². The summed E-state index contributed by atoms with van der Waals surface area (Å²) < 4.78 is 30.8. The van der Waals surface area contributed by atoms with Gasteiger partial charge in [0.05, 0.1) is 5.25 Å². The van der Waals surface area contributed by atoms with Crippen LogP contribution in [0.15, 0.2) is 29.0 Å². The van der Waals surface area contributed by atoms with Gasteiger partial charge in [-0.3, -0.25) is 4.79 Å². The number of benzene rings is 1. The predicted octanol–water partition coefficient (Wildman–Crippen LogP) is 2.26. The minimum Gasteiger partial charge on any atom is -0.443 e. The second-order valence-corrected chi connectivity index (χ2v) is 7.85. The Balaban J connectivity index is 1.71. The first kappa shape index (κ1) is 17.4. The molecule has 1 heterocycles. The Morgan fingerprint density at radius 3 is 2.83 bits per heavy atom. The lowest BCUT2D eigenvalue weighted by Gasteiger charge is -2.09. The quantitative estimate of drug-likeness (QED) is 0.718. The topological polar surface area (TPSA) is 101 Å². The Kier molecular flexibility index (Phi) is 5.73. The number of oxazole rings is 1. The zero-order valence-corrected chi connectivity index (χ0v) is 14.0. The van der Waals surface area contributed by atoms with Crippen LogP contribution in [-0.2, 0) is 14.8 Å². The number of hydrogen-bond donors (Lipinski definition) is 2. The van der Waals surface area contributed by atoms with Gasteiger partial charge in [-0.1, -0.05) is 0 Å². The van der Waals surface area contributed by atoms with Crippen LogP contribution in [0, 0.1) is 0 Å². The summed E-state index contributed by atoms with van der Waals surface area (Å²) in [4.78, 5) is 15.9. The molecule has 0 unspecified atom stereocenters. The van der Waals surface area contributed by atoms with Crippen LogP contribution in [0.4, 0.5) is 5.69 Å². The fourth-order valence-corrected chi connectivity index (χ4v) is 2.71. The molecule has 0 spiro atoms. The highest BCUT2D eigenvalue weighted by molar-refractivity contribution is 7.90. The average Bonchev–Trinajstić information content (AvgIpc) is 2.94. The van der Waals surface area contributed by atoms with E-state index >= 15 is 0 Å². The van der Waals surface area contributed by atoms with Crippen molar-refractivity contribution in [1.29, 1.82) is 0 Å². The van der Waals surface area contributed by atoms with Gasteiger partial charge in [-0.15, -0.1) is 0 Å². The minimum atomic E-state index is -3.23. The van der Waals surface area contributed by atoms with Gasteiger partial charge in [0.25, 0.3) is 0 Å². The van der Waals surface area contributed by atoms with E-state index in [2.05, 4.69) is 15.0 Å². The van der Waals surface area contributed by atoms with Crippen molar-refractivity contribution >= 4 is 32.7 Å². The third-order valence-corrected chi connectivity index (χ3v) is 5.22. The fourth-order valence-electron chi connectivity index (χ4n) is 1.95. The molecule has 0 saturated heterocycles. The molecule has 2 N–H and O–H groups in total. The van der Waals surface area contributed by atoms with Gasteiger partial charge in [0, 0.05) is 18.7 Å². The summed E-state index contributed by atoms with van der Waals surface area (Å²) in [5, 5.41) is 2.34. The Hall–Kier alpha value is -1.93. The summed E-state index contributed by atoms with van der Waals surface area (Å²) in [5.41, 5.74) is 2.02. The molecular weight excluding hydrogens is 318 g/mol. The number of anilines is 1. The van der Waals surface area contributed by atoms with E-state index in [0.717, 1.165) is 0 Å². The van der Waals surface area contributed by atoms with E-state index in [9.17, 15) is 13.2 Å². The second-order valence-electron chi connectivity index (χ2n) is 5.53. The zero-order chi connectivity index (χ0) is 16.9. The third kappa shape index (κ3) is 5.04. The minimum absolute atomic E-state index is 0.112. The predicted molar refractivity (Wildman–Crippen MR) is 88.5 cm³/mol. The molecule has 1 aromatic carbocycles.